The lowest BCUT2D eigenvalue weighted by Gasteiger charge is -2.34. The maximum absolute atomic E-state index is 12.9. The van der Waals surface area contributed by atoms with Gasteiger partial charge in [-0.05, 0) is 54.3 Å². The predicted molar refractivity (Wildman–Crippen MR) is 97.9 cm³/mol. The van der Waals surface area contributed by atoms with Gasteiger partial charge in [0.1, 0.15) is 0 Å². The molecule has 2 fully saturated rings. The van der Waals surface area contributed by atoms with Crippen molar-refractivity contribution in [2.75, 3.05) is 13.2 Å². The third-order valence-electron chi connectivity index (χ3n) is 5.50. The van der Waals surface area contributed by atoms with Crippen molar-refractivity contribution in [2.24, 2.45) is 28.1 Å². The molecule has 144 valence electrons. The van der Waals surface area contributed by atoms with Gasteiger partial charge in [0.15, 0.2) is 0 Å². The lowest BCUT2D eigenvalue weighted by atomic mass is 9.71. The molecule has 4 heteroatoms. The van der Waals surface area contributed by atoms with Gasteiger partial charge in [-0.3, -0.25) is 9.59 Å². The second kappa shape index (κ2) is 7.28. The van der Waals surface area contributed by atoms with Gasteiger partial charge < -0.3 is 9.47 Å². The van der Waals surface area contributed by atoms with E-state index < -0.39 is 0 Å². The highest BCUT2D eigenvalue weighted by Gasteiger charge is 2.53. The van der Waals surface area contributed by atoms with Gasteiger partial charge in [-0.2, -0.15) is 0 Å². The van der Waals surface area contributed by atoms with Crippen LogP contribution in [0, 0.1) is 28.1 Å². The summed E-state index contributed by atoms with van der Waals surface area (Å²) in [5.41, 5.74) is -0.180. The van der Waals surface area contributed by atoms with Crippen LogP contribution in [-0.4, -0.2) is 25.2 Å². The Morgan fingerprint density at radius 1 is 0.960 bits per heavy atom. The summed E-state index contributed by atoms with van der Waals surface area (Å²) in [6, 6.07) is 0. The van der Waals surface area contributed by atoms with E-state index in [1.807, 2.05) is 41.5 Å². The first-order valence-corrected chi connectivity index (χ1v) is 9.73. The van der Waals surface area contributed by atoms with Crippen molar-refractivity contribution >= 4 is 11.9 Å². The fourth-order valence-corrected chi connectivity index (χ4v) is 4.19. The Morgan fingerprint density at radius 2 is 1.48 bits per heavy atom. The fourth-order valence-electron chi connectivity index (χ4n) is 4.19. The van der Waals surface area contributed by atoms with E-state index in [1.54, 1.807) is 0 Å². The summed E-state index contributed by atoms with van der Waals surface area (Å²) in [7, 11) is 0. The molecule has 2 saturated carbocycles. The van der Waals surface area contributed by atoms with E-state index in [9.17, 15) is 9.59 Å². The highest BCUT2D eigenvalue weighted by Crippen LogP contribution is 2.59. The molecule has 0 heterocycles. The van der Waals surface area contributed by atoms with E-state index in [2.05, 4.69) is 0 Å². The Morgan fingerprint density at radius 3 is 1.92 bits per heavy atom. The van der Waals surface area contributed by atoms with Crippen LogP contribution in [0.5, 0.6) is 0 Å². The highest BCUT2D eigenvalue weighted by molar-refractivity contribution is 5.81. The number of hydrogen-bond donors (Lipinski definition) is 0. The Bertz CT molecular complexity index is 487. The first-order chi connectivity index (χ1) is 11.4. The van der Waals surface area contributed by atoms with Gasteiger partial charge >= 0.3 is 11.9 Å². The topological polar surface area (TPSA) is 52.6 Å². The zero-order valence-electron chi connectivity index (χ0n) is 16.9. The van der Waals surface area contributed by atoms with Crippen LogP contribution in [0.2, 0.25) is 0 Å². The van der Waals surface area contributed by atoms with E-state index in [-0.39, 0.29) is 40.5 Å². The average Bonchev–Trinajstić information content (AvgIpc) is 3.08. The molecule has 4 nitrogen and oxygen atoms in total. The highest BCUT2D eigenvalue weighted by atomic mass is 16.5. The maximum atomic E-state index is 12.9. The van der Waals surface area contributed by atoms with Crippen molar-refractivity contribution in [3.63, 3.8) is 0 Å². The van der Waals surface area contributed by atoms with Crippen LogP contribution >= 0.6 is 0 Å². The summed E-state index contributed by atoms with van der Waals surface area (Å²) in [6.45, 7) is 13.0. The molecule has 1 atom stereocenters. The van der Waals surface area contributed by atoms with Crippen LogP contribution in [0.4, 0.5) is 0 Å². The minimum Gasteiger partial charge on any atom is -0.465 e. The monoisotopic (exact) mass is 352 g/mol. The van der Waals surface area contributed by atoms with Gasteiger partial charge in [-0.15, -0.1) is 0 Å². The molecular weight excluding hydrogens is 316 g/mol. The zero-order chi connectivity index (χ0) is 18.9. The summed E-state index contributed by atoms with van der Waals surface area (Å²) >= 11 is 0. The molecule has 0 aromatic rings. The van der Waals surface area contributed by atoms with Gasteiger partial charge in [0.05, 0.1) is 25.6 Å². The van der Waals surface area contributed by atoms with E-state index >= 15 is 0 Å². The quantitative estimate of drug-likeness (QED) is 0.647. The third kappa shape index (κ3) is 5.72. The van der Waals surface area contributed by atoms with Crippen molar-refractivity contribution in [3.05, 3.63) is 0 Å². The molecule has 0 aromatic heterocycles. The molecule has 1 unspecified atom stereocenters. The van der Waals surface area contributed by atoms with E-state index in [4.69, 9.17) is 9.47 Å². The Kier molecular flexibility index (Phi) is 5.90. The molecular formula is C21H36O4. The van der Waals surface area contributed by atoms with E-state index in [0.29, 0.717) is 13.2 Å². The van der Waals surface area contributed by atoms with Gasteiger partial charge in [0, 0.05) is 0 Å². The van der Waals surface area contributed by atoms with Crippen molar-refractivity contribution < 1.29 is 19.1 Å². The van der Waals surface area contributed by atoms with Crippen LogP contribution in [0.3, 0.4) is 0 Å². The van der Waals surface area contributed by atoms with Crippen molar-refractivity contribution in [2.45, 2.75) is 80.1 Å². The Labute approximate surface area is 153 Å². The van der Waals surface area contributed by atoms with Gasteiger partial charge in [0.2, 0.25) is 0 Å². The smallest absolute Gasteiger partial charge is 0.310 e. The van der Waals surface area contributed by atoms with Crippen molar-refractivity contribution in [3.8, 4) is 0 Å². The third-order valence-corrected chi connectivity index (χ3v) is 5.50. The first-order valence-electron chi connectivity index (χ1n) is 9.73. The number of hydrogen-bond acceptors (Lipinski definition) is 4. The summed E-state index contributed by atoms with van der Waals surface area (Å²) < 4.78 is 11.1. The number of esters is 2. The first kappa shape index (κ1) is 20.3. The molecule has 2 rings (SSSR count). The molecule has 0 spiro atoms. The molecule has 0 aliphatic heterocycles. The summed E-state index contributed by atoms with van der Waals surface area (Å²) in [5.74, 6) is -0.0964. The summed E-state index contributed by atoms with van der Waals surface area (Å²) in [4.78, 5) is 25.3. The molecule has 2 aliphatic rings. The molecule has 2 bridgehead atoms. The van der Waals surface area contributed by atoms with E-state index in [1.165, 1.54) is 12.8 Å². The zero-order valence-corrected chi connectivity index (χ0v) is 16.9. The second-order valence-corrected chi connectivity index (χ2v) is 10.7. The molecule has 0 saturated heterocycles. The van der Waals surface area contributed by atoms with Crippen LogP contribution in [0.1, 0.15) is 80.1 Å². The summed E-state index contributed by atoms with van der Waals surface area (Å²) in [5, 5.41) is 0. The SMILES string of the molecule is CC(C)(C)COC(=O)CC(C(=O)OCC(C)(C)C)C12CCC(CC1)C2. The lowest BCUT2D eigenvalue weighted by molar-refractivity contribution is -0.163. The molecule has 25 heavy (non-hydrogen) atoms. The number of carbonyl (C=O) groups excluding carboxylic acids is 2. The largest absolute Gasteiger partial charge is 0.465 e. The van der Waals surface area contributed by atoms with Crippen LogP contribution in [0.15, 0.2) is 0 Å². The minimum absolute atomic E-state index is 0.0413. The molecule has 0 radical (unpaired) electrons. The standard InChI is InChI=1S/C21H36O4/c1-19(2,3)13-24-17(22)11-16(18(23)25-14-20(4,5)6)21-9-7-15(12-21)8-10-21/h15-16H,7-14H2,1-6H3. The van der Waals surface area contributed by atoms with Crippen LogP contribution in [-0.2, 0) is 19.1 Å². The van der Waals surface area contributed by atoms with Gasteiger partial charge in [0.25, 0.3) is 0 Å². The average molecular weight is 353 g/mol. The van der Waals surface area contributed by atoms with Crippen LogP contribution < -0.4 is 0 Å². The summed E-state index contributed by atoms with van der Waals surface area (Å²) in [6.07, 6.45) is 5.67. The molecule has 0 amide bonds. The van der Waals surface area contributed by atoms with Gasteiger partial charge in [-0.1, -0.05) is 41.5 Å². The molecule has 2 aliphatic carbocycles. The van der Waals surface area contributed by atoms with Crippen molar-refractivity contribution in [1.29, 1.82) is 0 Å². The Hall–Kier alpha value is -1.06. The van der Waals surface area contributed by atoms with E-state index in [0.717, 1.165) is 25.2 Å². The number of carbonyl (C=O) groups is 2. The molecule has 0 N–H and O–H groups in total. The number of ether oxygens (including phenoxy) is 2. The second-order valence-electron chi connectivity index (χ2n) is 10.7. The fraction of sp³-hybridized carbons (Fsp3) is 0.905. The normalized spacial score (nSPS) is 27.2. The van der Waals surface area contributed by atoms with Crippen LogP contribution in [0.25, 0.3) is 0 Å². The van der Waals surface area contributed by atoms with Crippen molar-refractivity contribution in [1.82, 2.24) is 0 Å². The number of fused-ring (bicyclic) bond motifs is 2. The minimum atomic E-state index is -0.352. The Balaban J connectivity index is 2.05. The number of rotatable bonds is 6. The van der Waals surface area contributed by atoms with Gasteiger partial charge in [-0.25, -0.2) is 0 Å². The molecule has 0 aromatic carbocycles. The lowest BCUT2D eigenvalue weighted by Crippen LogP contribution is -2.37. The predicted octanol–water partition coefficient (Wildman–Crippen LogP) is 4.75. The maximum Gasteiger partial charge on any atom is 0.310 e.